The lowest BCUT2D eigenvalue weighted by molar-refractivity contribution is 0.301. The van der Waals surface area contributed by atoms with Crippen LogP contribution in [-0.4, -0.2) is 25.8 Å². The van der Waals surface area contributed by atoms with Crippen LogP contribution in [0.1, 0.15) is 12.8 Å². The Kier molecular flexibility index (Phi) is 2.71. The molecule has 0 spiro atoms. The summed E-state index contributed by atoms with van der Waals surface area (Å²) >= 11 is 0. The predicted octanol–water partition coefficient (Wildman–Crippen LogP) is 1.13. The number of sulfonamides is 1. The Hall–Kier alpha value is -1.37. The molecule has 88 valence electrons. The van der Waals surface area contributed by atoms with Crippen molar-refractivity contribution in [1.29, 1.82) is 0 Å². The second-order valence-electron chi connectivity index (χ2n) is 3.70. The van der Waals surface area contributed by atoms with Crippen LogP contribution in [0.15, 0.2) is 12.1 Å². The van der Waals surface area contributed by atoms with Crippen molar-refractivity contribution in [3.63, 3.8) is 0 Å². The molecule has 0 radical (unpaired) electrons. The number of rotatable bonds is 4. The van der Waals surface area contributed by atoms with Crippen LogP contribution in [0, 0.1) is 5.95 Å². The molecule has 1 heterocycles. The third kappa shape index (κ3) is 3.34. The van der Waals surface area contributed by atoms with Crippen LogP contribution in [-0.2, 0) is 10.0 Å². The largest absolute Gasteiger partial charge is 0.490 e. The van der Waals surface area contributed by atoms with E-state index in [0.717, 1.165) is 25.2 Å². The molecule has 0 unspecified atom stereocenters. The zero-order valence-corrected chi connectivity index (χ0v) is 9.42. The average molecular weight is 246 g/mol. The zero-order chi connectivity index (χ0) is 11.8. The molecule has 0 saturated heterocycles. The molecule has 5 nitrogen and oxygen atoms in total. The lowest BCUT2D eigenvalue weighted by Gasteiger charge is -2.07. The van der Waals surface area contributed by atoms with Gasteiger partial charge in [-0.3, -0.25) is 4.72 Å². The maximum Gasteiger partial charge on any atom is 0.230 e. The zero-order valence-electron chi connectivity index (χ0n) is 8.60. The quantitative estimate of drug-likeness (QED) is 0.809. The Morgan fingerprint density at radius 2 is 2.19 bits per heavy atom. The van der Waals surface area contributed by atoms with Crippen molar-refractivity contribution in [2.45, 2.75) is 18.9 Å². The lowest BCUT2D eigenvalue weighted by atomic mass is 10.4. The minimum Gasteiger partial charge on any atom is -0.490 e. The first kappa shape index (κ1) is 11.1. The number of ether oxygens (including phenoxy) is 1. The van der Waals surface area contributed by atoms with Gasteiger partial charge in [-0.25, -0.2) is 13.4 Å². The molecule has 2 rings (SSSR count). The SMILES string of the molecule is CS(=O)(=O)Nc1cc(OC2CC2)cc(F)n1. The Bertz CT molecular complexity index is 499. The molecule has 0 aromatic carbocycles. The standard InChI is InChI=1S/C9H11FN2O3S/c1-16(13,14)12-9-5-7(4-8(10)11-9)15-6-2-3-6/h4-6H,2-3H2,1H3,(H,11,12). The highest BCUT2D eigenvalue weighted by molar-refractivity contribution is 7.92. The predicted molar refractivity (Wildman–Crippen MR) is 56.3 cm³/mol. The van der Waals surface area contributed by atoms with E-state index in [1.807, 2.05) is 0 Å². The number of anilines is 1. The number of hydrogen-bond donors (Lipinski definition) is 1. The van der Waals surface area contributed by atoms with E-state index < -0.39 is 16.0 Å². The molecule has 1 saturated carbocycles. The van der Waals surface area contributed by atoms with Crippen molar-refractivity contribution in [2.75, 3.05) is 11.0 Å². The van der Waals surface area contributed by atoms with Gasteiger partial charge in [0.2, 0.25) is 16.0 Å². The third-order valence-corrected chi connectivity index (χ3v) is 2.46. The summed E-state index contributed by atoms with van der Waals surface area (Å²) in [5.41, 5.74) is 0. The molecule has 0 bridgehead atoms. The van der Waals surface area contributed by atoms with Gasteiger partial charge in [0, 0.05) is 12.1 Å². The van der Waals surface area contributed by atoms with Crippen LogP contribution in [0.25, 0.3) is 0 Å². The summed E-state index contributed by atoms with van der Waals surface area (Å²) in [6, 6.07) is 2.49. The highest BCUT2D eigenvalue weighted by atomic mass is 32.2. The van der Waals surface area contributed by atoms with Crippen molar-refractivity contribution in [3.05, 3.63) is 18.1 Å². The molecule has 16 heavy (non-hydrogen) atoms. The van der Waals surface area contributed by atoms with Crippen molar-refractivity contribution in [2.24, 2.45) is 0 Å². The molecular weight excluding hydrogens is 235 g/mol. The minimum atomic E-state index is -3.46. The fourth-order valence-corrected chi connectivity index (χ4v) is 1.65. The third-order valence-electron chi connectivity index (χ3n) is 1.88. The first-order valence-corrected chi connectivity index (χ1v) is 6.63. The van der Waals surface area contributed by atoms with Crippen molar-refractivity contribution in [1.82, 2.24) is 4.98 Å². The summed E-state index contributed by atoms with van der Waals surface area (Å²) in [7, 11) is -3.46. The summed E-state index contributed by atoms with van der Waals surface area (Å²) in [6.07, 6.45) is 2.98. The molecular formula is C9H11FN2O3S. The molecule has 1 N–H and O–H groups in total. The van der Waals surface area contributed by atoms with Crippen molar-refractivity contribution < 1.29 is 17.5 Å². The van der Waals surface area contributed by atoms with Gasteiger partial charge in [-0.2, -0.15) is 4.39 Å². The number of nitrogens with zero attached hydrogens (tertiary/aromatic N) is 1. The van der Waals surface area contributed by atoms with Crippen LogP contribution in [0.4, 0.5) is 10.2 Å². The second kappa shape index (κ2) is 3.89. The van der Waals surface area contributed by atoms with E-state index in [9.17, 15) is 12.8 Å². The Labute approximate surface area is 92.7 Å². The minimum absolute atomic E-state index is 0.0712. The van der Waals surface area contributed by atoms with Gasteiger partial charge in [0.25, 0.3) is 0 Å². The van der Waals surface area contributed by atoms with Crippen LogP contribution in [0.5, 0.6) is 5.75 Å². The first-order valence-electron chi connectivity index (χ1n) is 4.74. The number of nitrogens with one attached hydrogen (secondary N) is 1. The molecule has 0 aliphatic heterocycles. The van der Waals surface area contributed by atoms with E-state index in [0.29, 0.717) is 5.75 Å². The van der Waals surface area contributed by atoms with Crippen LogP contribution in [0.2, 0.25) is 0 Å². The van der Waals surface area contributed by atoms with Gasteiger partial charge in [-0.05, 0) is 12.8 Å². The van der Waals surface area contributed by atoms with Crippen LogP contribution in [0.3, 0.4) is 0 Å². The summed E-state index contributed by atoms with van der Waals surface area (Å²) in [5, 5.41) is 0. The van der Waals surface area contributed by atoms with Gasteiger partial charge in [-0.15, -0.1) is 0 Å². The molecule has 1 aliphatic carbocycles. The fraction of sp³-hybridized carbons (Fsp3) is 0.444. The molecule has 0 atom stereocenters. The van der Waals surface area contributed by atoms with Crippen LogP contribution >= 0.6 is 0 Å². The molecule has 0 amide bonds. The van der Waals surface area contributed by atoms with Gasteiger partial charge < -0.3 is 4.74 Å². The molecule has 7 heteroatoms. The van der Waals surface area contributed by atoms with Crippen molar-refractivity contribution in [3.8, 4) is 5.75 Å². The summed E-state index contributed by atoms with van der Waals surface area (Å²) in [5.74, 6) is -0.552. The van der Waals surface area contributed by atoms with Gasteiger partial charge in [0.1, 0.15) is 11.6 Å². The maximum atomic E-state index is 13.0. The van der Waals surface area contributed by atoms with Gasteiger partial charge in [-0.1, -0.05) is 0 Å². The fourth-order valence-electron chi connectivity index (χ4n) is 1.16. The van der Waals surface area contributed by atoms with Gasteiger partial charge in [0.05, 0.1) is 12.4 Å². The number of aromatic nitrogens is 1. The maximum absolute atomic E-state index is 13.0. The normalized spacial score (nSPS) is 15.9. The van der Waals surface area contributed by atoms with E-state index in [4.69, 9.17) is 4.74 Å². The molecule has 1 aliphatic rings. The molecule has 1 aromatic heterocycles. The lowest BCUT2D eigenvalue weighted by Crippen LogP contribution is -2.11. The smallest absolute Gasteiger partial charge is 0.230 e. The number of hydrogen-bond acceptors (Lipinski definition) is 4. The van der Waals surface area contributed by atoms with Crippen molar-refractivity contribution >= 4 is 15.8 Å². The Balaban J connectivity index is 2.20. The van der Waals surface area contributed by atoms with Crippen LogP contribution < -0.4 is 9.46 Å². The van der Waals surface area contributed by atoms with E-state index in [1.165, 1.54) is 6.07 Å². The van der Waals surface area contributed by atoms with E-state index >= 15 is 0 Å². The number of halogens is 1. The van der Waals surface area contributed by atoms with Gasteiger partial charge in [0.15, 0.2) is 0 Å². The Morgan fingerprint density at radius 1 is 1.50 bits per heavy atom. The molecule has 1 fully saturated rings. The van der Waals surface area contributed by atoms with E-state index in [2.05, 4.69) is 9.71 Å². The highest BCUT2D eigenvalue weighted by Crippen LogP contribution is 2.28. The molecule has 1 aromatic rings. The van der Waals surface area contributed by atoms with E-state index in [1.54, 1.807) is 0 Å². The summed E-state index contributed by atoms with van der Waals surface area (Å²) in [6.45, 7) is 0. The van der Waals surface area contributed by atoms with Gasteiger partial charge >= 0.3 is 0 Å². The highest BCUT2D eigenvalue weighted by Gasteiger charge is 2.24. The Morgan fingerprint density at radius 3 is 2.75 bits per heavy atom. The topological polar surface area (TPSA) is 68.3 Å². The number of pyridine rings is 1. The second-order valence-corrected chi connectivity index (χ2v) is 5.45. The summed E-state index contributed by atoms with van der Waals surface area (Å²) in [4.78, 5) is 3.41. The first-order chi connectivity index (χ1) is 7.42. The van der Waals surface area contributed by atoms with E-state index in [-0.39, 0.29) is 11.9 Å². The monoisotopic (exact) mass is 246 g/mol. The summed E-state index contributed by atoms with van der Waals surface area (Å²) < 4.78 is 42.4. The average Bonchev–Trinajstić information content (AvgIpc) is 2.82.